The van der Waals surface area contributed by atoms with Crippen LogP contribution in [0.25, 0.3) is 0 Å². The molecule has 10 nitrogen and oxygen atoms in total. The van der Waals surface area contributed by atoms with Crippen LogP contribution in [0.15, 0.2) is 41.8 Å². The smallest absolute Gasteiger partial charge is 0.416 e. The standard InChI is InChI=1S/C22H19F3N4O6S/c1-34-17-5-3-4-12(19(17)35-2)9-26-21(31)15-11-36-18(28-15)10-27-20(30)14-7-6-13(22(23,24)25)8-16(14)29(32)33/h3-8,11H,9-10H2,1-2H3,(H,26,31)(H,27,30). The minimum absolute atomic E-state index is 0.0756. The average Bonchev–Trinajstić information content (AvgIpc) is 3.33. The Labute approximate surface area is 206 Å². The van der Waals surface area contributed by atoms with Crippen LogP contribution in [0.4, 0.5) is 18.9 Å². The number of carbonyl (C=O) groups is 2. The van der Waals surface area contributed by atoms with Crippen molar-refractivity contribution < 1.29 is 37.2 Å². The van der Waals surface area contributed by atoms with Crippen LogP contribution in [0.5, 0.6) is 11.5 Å². The van der Waals surface area contributed by atoms with Crippen LogP contribution in [-0.2, 0) is 19.3 Å². The highest BCUT2D eigenvalue weighted by molar-refractivity contribution is 7.09. The molecule has 0 saturated carbocycles. The number of nitrogens with one attached hydrogen (secondary N) is 2. The van der Waals surface area contributed by atoms with E-state index in [1.807, 2.05) is 0 Å². The molecule has 2 amide bonds. The van der Waals surface area contributed by atoms with E-state index in [9.17, 15) is 32.9 Å². The zero-order valence-corrected chi connectivity index (χ0v) is 19.7. The lowest BCUT2D eigenvalue weighted by atomic mass is 10.1. The number of hydrogen-bond donors (Lipinski definition) is 2. The molecule has 3 aromatic rings. The van der Waals surface area contributed by atoms with Crippen LogP contribution < -0.4 is 20.1 Å². The van der Waals surface area contributed by atoms with E-state index >= 15 is 0 Å². The molecule has 0 radical (unpaired) electrons. The minimum atomic E-state index is -4.80. The number of nitro groups is 1. The molecule has 0 aliphatic heterocycles. The number of hydrogen-bond acceptors (Lipinski definition) is 8. The molecule has 190 valence electrons. The number of rotatable bonds is 9. The molecular formula is C22H19F3N4O6S. The zero-order valence-electron chi connectivity index (χ0n) is 18.8. The van der Waals surface area contributed by atoms with E-state index in [0.717, 1.165) is 17.4 Å². The number of nitrogens with zero attached hydrogens (tertiary/aromatic N) is 2. The van der Waals surface area contributed by atoms with Gasteiger partial charge in [0.25, 0.3) is 17.5 Å². The first-order valence-corrected chi connectivity index (χ1v) is 11.0. The SMILES string of the molecule is COc1cccc(CNC(=O)c2csc(CNC(=O)c3ccc(C(F)(F)F)cc3[N+](=O)[O-])n2)c1OC. The number of methoxy groups -OCH3 is 2. The van der Waals surface area contributed by atoms with Gasteiger partial charge in [-0.3, -0.25) is 19.7 Å². The van der Waals surface area contributed by atoms with Crippen molar-refractivity contribution in [3.05, 3.63) is 79.3 Å². The van der Waals surface area contributed by atoms with Gasteiger partial charge in [-0.15, -0.1) is 11.3 Å². The first-order valence-electron chi connectivity index (χ1n) is 10.1. The number of amides is 2. The molecule has 0 spiro atoms. The summed E-state index contributed by atoms with van der Waals surface area (Å²) in [6, 6.07) is 6.84. The normalized spacial score (nSPS) is 11.0. The van der Waals surface area contributed by atoms with Crippen molar-refractivity contribution >= 4 is 28.8 Å². The van der Waals surface area contributed by atoms with E-state index in [4.69, 9.17) is 9.47 Å². The maximum absolute atomic E-state index is 12.8. The van der Waals surface area contributed by atoms with E-state index in [1.165, 1.54) is 19.6 Å². The second-order valence-electron chi connectivity index (χ2n) is 7.13. The number of aromatic nitrogens is 1. The van der Waals surface area contributed by atoms with Gasteiger partial charge in [-0.25, -0.2) is 4.98 Å². The monoisotopic (exact) mass is 524 g/mol. The predicted octanol–water partition coefficient (Wildman–Crippen LogP) is 3.95. The summed E-state index contributed by atoms with van der Waals surface area (Å²) in [7, 11) is 2.97. The van der Waals surface area contributed by atoms with Crippen LogP contribution in [0.2, 0.25) is 0 Å². The largest absolute Gasteiger partial charge is 0.493 e. The van der Waals surface area contributed by atoms with E-state index in [-0.39, 0.29) is 18.8 Å². The summed E-state index contributed by atoms with van der Waals surface area (Å²) in [5, 5.41) is 18.0. The highest BCUT2D eigenvalue weighted by Crippen LogP contribution is 2.33. The number of para-hydroxylation sites is 1. The van der Waals surface area contributed by atoms with Crippen molar-refractivity contribution in [1.29, 1.82) is 0 Å². The fourth-order valence-corrected chi connectivity index (χ4v) is 3.87. The summed E-state index contributed by atoms with van der Waals surface area (Å²) in [4.78, 5) is 39.1. The molecule has 0 fully saturated rings. The Morgan fingerprint density at radius 2 is 1.81 bits per heavy atom. The van der Waals surface area contributed by atoms with Gasteiger partial charge in [0.05, 0.1) is 31.3 Å². The average molecular weight is 524 g/mol. The van der Waals surface area contributed by atoms with Crippen molar-refractivity contribution in [1.82, 2.24) is 15.6 Å². The van der Waals surface area contributed by atoms with Crippen molar-refractivity contribution in [2.45, 2.75) is 19.3 Å². The first-order chi connectivity index (χ1) is 17.0. The molecular weight excluding hydrogens is 505 g/mol. The Hall–Kier alpha value is -4.20. The van der Waals surface area contributed by atoms with Gasteiger partial charge >= 0.3 is 6.18 Å². The lowest BCUT2D eigenvalue weighted by Crippen LogP contribution is -2.25. The van der Waals surface area contributed by atoms with Gasteiger partial charge in [0.1, 0.15) is 16.3 Å². The third-order valence-electron chi connectivity index (χ3n) is 4.87. The lowest BCUT2D eigenvalue weighted by molar-refractivity contribution is -0.385. The van der Waals surface area contributed by atoms with Crippen LogP contribution in [0.3, 0.4) is 0 Å². The van der Waals surface area contributed by atoms with E-state index in [2.05, 4.69) is 15.6 Å². The van der Waals surface area contributed by atoms with Gasteiger partial charge in [0.2, 0.25) is 0 Å². The number of thiazole rings is 1. The summed E-state index contributed by atoms with van der Waals surface area (Å²) in [5.41, 5.74) is -2.00. The van der Waals surface area contributed by atoms with E-state index in [1.54, 1.807) is 18.2 Å². The second-order valence-corrected chi connectivity index (χ2v) is 8.07. The van der Waals surface area contributed by atoms with E-state index < -0.39 is 39.7 Å². The third-order valence-corrected chi connectivity index (χ3v) is 5.72. The minimum Gasteiger partial charge on any atom is -0.493 e. The molecule has 0 unspecified atom stereocenters. The van der Waals surface area contributed by atoms with Crippen LogP contribution in [0.1, 0.15) is 37.0 Å². The Balaban J connectivity index is 1.64. The molecule has 3 rings (SSSR count). The number of benzene rings is 2. The quantitative estimate of drug-likeness (QED) is 0.320. The number of ether oxygens (including phenoxy) is 2. The van der Waals surface area contributed by atoms with Crippen molar-refractivity contribution in [3.63, 3.8) is 0 Å². The molecule has 0 bridgehead atoms. The number of alkyl halides is 3. The Morgan fingerprint density at radius 1 is 1.08 bits per heavy atom. The molecule has 0 saturated heterocycles. The fourth-order valence-electron chi connectivity index (χ4n) is 3.16. The van der Waals surface area contributed by atoms with Gasteiger partial charge in [-0.2, -0.15) is 13.2 Å². The fraction of sp³-hybridized carbons (Fsp3) is 0.227. The molecule has 1 aromatic heterocycles. The summed E-state index contributed by atoms with van der Waals surface area (Å²) in [6.07, 6.45) is -4.80. The predicted molar refractivity (Wildman–Crippen MR) is 122 cm³/mol. The van der Waals surface area contributed by atoms with Gasteiger partial charge < -0.3 is 20.1 Å². The molecule has 0 aliphatic carbocycles. The van der Waals surface area contributed by atoms with Gasteiger partial charge in [-0.05, 0) is 18.2 Å². The van der Waals surface area contributed by atoms with Gasteiger partial charge in [0, 0.05) is 23.6 Å². The summed E-state index contributed by atoms with van der Waals surface area (Å²) >= 11 is 1.05. The lowest BCUT2D eigenvalue weighted by Gasteiger charge is -2.12. The highest BCUT2D eigenvalue weighted by atomic mass is 32.1. The molecule has 0 atom stereocenters. The van der Waals surface area contributed by atoms with Crippen molar-refractivity contribution in [2.75, 3.05) is 14.2 Å². The van der Waals surface area contributed by atoms with Gasteiger partial charge in [-0.1, -0.05) is 12.1 Å². The van der Waals surface area contributed by atoms with Crippen LogP contribution in [0, 0.1) is 10.1 Å². The molecule has 36 heavy (non-hydrogen) atoms. The zero-order chi connectivity index (χ0) is 26.5. The molecule has 2 N–H and O–H groups in total. The summed E-state index contributed by atoms with van der Waals surface area (Å²) in [5.74, 6) is -0.475. The number of halogens is 3. The maximum Gasteiger partial charge on any atom is 0.416 e. The van der Waals surface area contributed by atoms with E-state index in [0.29, 0.717) is 34.2 Å². The highest BCUT2D eigenvalue weighted by Gasteiger charge is 2.34. The number of nitro benzene ring substituents is 1. The third kappa shape index (κ3) is 6.07. The first kappa shape index (κ1) is 26.4. The van der Waals surface area contributed by atoms with Crippen molar-refractivity contribution in [2.24, 2.45) is 0 Å². The van der Waals surface area contributed by atoms with Crippen molar-refractivity contribution in [3.8, 4) is 11.5 Å². The Kier molecular flexibility index (Phi) is 8.09. The van der Waals surface area contributed by atoms with Gasteiger partial charge in [0.15, 0.2) is 11.5 Å². The molecule has 2 aromatic carbocycles. The van der Waals surface area contributed by atoms with Crippen LogP contribution >= 0.6 is 11.3 Å². The maximum atomic E-state index is 12.8. The molecule has 0 aliphatic rings. The summed E-state index contributed by atoms with van der Waals surface area (Å²) < 4.78 is 49.1. The Bertz CT molecular complexity index is 1300. The van der Waals surface area contributed by atoms with Crippen LogP contribution in [-0.4, -0.2) is 35.9 Å². The molecule has 1 heterocycles. The topological polar surface area (TPSA) is 133 Å². The Morgan fingerprint density at radius 3 is 2.44 bits per heavy atom. The second kappa shape index (κ2) is 11.0. The molecule has 14 heteroatoms. The number of carbonyl (C=O) groups excluding carboxylic acids is 2. The summed E-state index contributed by atoms with van der Waals surface area (Å²) in [6.45, 7) is -0.0704.